The number of aryl methyl sites for hydroxylation is 2. The fourth-order valence-corrected chi connectivity index (χ4v) is 7.92. The number of aromatic nitrogens is 2. The number of carbonyl (C=O) groups is 2. The molecule has 44 heavy (non-hydrogen) atoms. The van der Waals surface area contributed by atoms with Crippen molar-refractivity contribution in [2.75, 3.05) is 26.3 Å². The fourth-order valence-electron chi connectivity index (χ4n) is 7.05. The standard InChI is InChI=1S/C36H37N3O4S/c1-22-16-32(44-21-22)29-11-9-25-18-28(23(2)17-30(25)37-29)35-34(24-6-4-3-5-7-24)27-10-8-26(36(41)42)19-31(27)39(35)20-33(40)38-12-14-43-15-13-38/h8-11,16-19,21,24H,3-7,12-15,20H2,1-2H3,(H,41,42). The Morgan fingerprint density at radius 3 is 2.52 bits per heavy atom. The molecule has 0 radical (unpaired) electrons. The monoisotopic (exact) mass is 607 g/mol. The lowest BCUT2D eigenvalue weighted by Crippen LogP contribution is -2.42. The van der Waals surface area contributed by atoms with Gasteiger partial charge in [0.25, 0.3) is 0 Å². The normalized spacial score (nSPS) is 16.2. The van der Waals surface area contributed by atoms with Crippen LogP contribution in [0.15, 0.2) is 53.9 Å². The van der Waals surface area contributed by atoms with Crippen LogP contribution in [-0.4, -0.2) is 57.7 Å². The number of carboxylic acid groups (broad SMARTS) is 1. The number of morpholine rings is 1. The smallest absolute Gasteiger partial charge is 0.335 e. The van der Waals surface area contributed by atoms with E-state index in [0.717, 1.165) is 62.0 Å². The Morgan fingerprint density at radius 2 is 1.80 bits per heavy atom. The van der Waals surface area contributed by atoms with Gasteiger partial charge in [-0.1, -0.05) is 31.4 Å². The number of ether oxygens (including phenoxy) is 1. The predicted molar refractivity (Wildman–Crippen MR) is 176 cm³/mol. The van der Waals surface area contributed by atoms with Crippen molar-refractivity contribution in [1.29, 1.82) is 0 Å². The second-order valence-electron chi connectivity index (χ2n) is 12.3. The topological polar surface area (TPSA) is 84.7 Å². The highest BCUT2D eigenvalue weighted by Gasteiger charge is 2.30. The lowest BCUT2D eigenvalue weighted by Gasteiger charge is -2.28. The van der Waals surface area contributed by atoms with Crippen molar-refractivity contribution >= 4 is 45.0 Å². The van der Waals surface area contributed by atoms with Crippen molar-refractivity contribution in [3.05, 3.63) is 76.2 Å². The van der Waals surface area contributed by atoms with E-state index in [4.69, 9.17) is 9.72 Å². The third-order valence-corrected chi connectivity index (χ3v) is 10.4. The molecule has 3 aromatic heterocycles. The fraction of sp³-hybridized carbons (Fsp3) is 0.361. The van der Waals surface area contributed by atoms with Gasteiger partial charge < -0.3 is 19.3 Å². The van der Waals surface area contributed by atoms with Gasteiger partial charge in [0, 0.05) is 29.4 Å². The predicted octanol–water partition coefficient (Wildman–Crippen LogP) is 7.81. The first-order chi connectivity index (χ1) is 21.4. The summed E-state index contributed by atoms with van der Waals surface area (Å²) in [5, 5.41) is 14.2. The highest BCUT2D eigenvalue weighted by Crippen LogP contribution is 2.46. The van der Waals surface area contributed by atoms with Gasteiger partial charge in [-0.3, -0.25) is 4.79 Å². The van der Waals surface area contributed by atoms with Crippen molar-refractivity contribution in [3.63, 3.8) is 0 Å². The molecule has 1 saturated carbocycles. The number of carbonyl (C=O) groups excluding carboxylic acids is 1. The molecule has 1 aliphatic carbocycles. The minimum absolute atomic E-state index is 0.0263. The molecule has 1 N–H and O–H groups in total. The van der Waals surface area contributed by atoms with E-state index in [1.807, 2.05) is 11.0 Å². The minimum Gasteiger partial charge on any atom is -0.478 e. The lowest BCUT2D eigenvalue weighted by molar-refractivity contribution is -0.135. The molecule has 0 spiro atoms. The van der Waals surface area contributed by atoms with Gasteiger partial charge in [0.2, 0.25) is 5.91 Å². The van der Waals surface area contributed by atoms with E-state index in [2.05, 4.69) is 54.1 Å². The van der Waals surface area contributed by atoms with Crippen molar-refractivity contribution < 1.29 is 19.4 Å². The van der Waals surface area contributed by atoms with E-state index in [1.165, 1.54) is 30.4 Å². The molecule has 1 aliphatic heterocycles. The van der Waals surface area contributed by atoms with Crippen LogP contribution in [0.1, 0.15) is 65.1 Å². The van der Waals surface area contributed by atoms with Crippen LogP contribution in [0.4, 0.5) is 0 Å². The number of hydrogen-bond donors (Lipinski definition) is 1. The molecule has 7 rings (SSSR count). The van der Waals surface area contributed by atoms with E-state index in [-0.39, 0.29) is 18.0 Å². The molecule has 2 aromatic carbocycles. The largest absolute Gasteiger partial charge is 0.478 e. The number of pyridine rings is 1. The quantitative estimate of drug-likeness (QED) is 0.213. The summed E-state index contributed by atoms with van der Waals surface area (Å²) in [6.45, 7) is 6.57. The Bertz CT molecular complexity index is 1890. The van der Waals surface area contributed by atoms with Crippen LogP contribution in [0.3, 0.4) is 0 Å². The van der Waals surface area contributed by atoms with Gasteiger partial charge in [0.1, 0.15) is 6.54 Å². The molecule has 0 unspecified atom stereocenters. The highest BCUT2D eigenvalue weighted by molar-refractivity contribution is 7.13. The molecule has 226 valence electrons. The molecule has 4 heterocycles. The van der Waals surface area contributed by atoms with Gasteiger partial charge in [0.15, 0.2) is 0 Å². The van der Waals surface area contributed by atoms with Crippen LogP contribution in [0.2, 0.25) is 0 Å². The zero-order valence-corrected chi connectivity index (χ0v) is 26.1. The first-order valence-corrected chi connectivity index (χ1v) is 16.5. The Kier molecular flexibility index (Phi) is 7.72. The summed E-state index contributed by atoms with van der Waals surface area (Å²) in [6, 6.07) is 16.2. The number of fused-ring (bicyclic) bond motifs is 2. The molecular formula is C36H37N3O4S. The zero-order valence-electron chi connectivity index (χ0n) is 25.3. The molecule has 2 fully saturated rings. The van der Waals surface area contributed by atoms with Gasteiger partial charge >= 0.3 is 5.97 Å². The average molecular weight is 608 g/mol. The van der Waals surface area contributed by atoms with Crippen LogP contribution in [0, 0.1) is 13.8 Å². The first kappa shape index (κ1) is 28.7. The summed E-state index contributed by atoms with van der Waals surface area (Å²) < 4.78 is 7.62. The Morgan fingerprint density at radius 1 is 1.00 bits per heavy atom. The van der Waals surface area contributed by atoms with E-state index < -0.39 is 5.97 Å². The maximum Gasteiger partial charge on any atom is 0.335 e. The third kappa shape index (κ3) is 5.30. The molecule has 7 nitrogen and oxygen atoms in total. The highest BCUT2D eigenvalue weighted by atomic mass is 32.1. The number of carboxylic acids is 1. The van der Waals surface area contributed by atoms with Gasteiger partial charge in [0.05, 0.1) is 46.1 Å². The number of rotatable bonds is 6. The third-order valence-electron chi connectivity index (χ3n) is 9.29. The van der Waals surface area contributed by atoms with Crippen molar-refractivity contribution in [2.24, 2.45) is 0 Å². The van der Waals surface area contributed by atoms with Crippen LogP contribution < -0.4 is 0 Å². The molecule has 0 atom stereocenters. The summed E-state index contributed by atoms with van der Waals surface area (Å²) in [4.78, 5) is 34.0. The Hall–Kier alpha value is -4.01. The van der Waals surface area contributed by atoms with Crippen molar-refractivity contribution in [1.82, 2.24) is 14.5 Å². The van der Waals surface area contributed by atoms with Crippen LogP contribution >= 0.6 is 11.3 Å². The van der Waals surface area contributed by atoms with Crippen LogP contribution in [-0.2, 0) is 16.1 Å². The van der Waals surface area contributed by atoms with Crippen LogP contribution in [0.5, 0.6) is 0 Å². The minimum atomic E-state index is -0.968. The summed E-state index contributed by atoms with van der Waals surface area (Å²) in [6.07, 6.45) is 5.74. The summed E-state index contributed by atoms with van der Waals surface area (Å²) in [7, 11) is 0. The summed E-state index contributed by atoms with van der Waals surface area (Å²) in [5.41, 5.74) is 8.62. The zero-order chi connectivity index (χ0) is 30.4. The maximum atomic E-state index is 13.8. The van der Waals surface area contributed by atoms with E-state index in [1.54, 1.807) is 23.5 Å². The van der Waals surface area contributed by atoms with Crippen molar-refractivity contribution in [3.8, 4) is 21.8 Å². The average Bonchev–Trinajstić information content (AvgIpc) is 3.62. The Balaban J connectivity index is 1.44. The Labute approximate surface area is 261 Å². The van der Waals surface area contributed by atoms with E-state index >= 15 is 0 Å². The molecule has 5 aromatic rings. The van der Waals surface area contributed by atoms with Crippen molar-refractivity contribution in [2.45, 2.75) is 58.4 Å². The van der Waals surface area contributed by atoms with Gasteiger partial charge in [-0.25, -0.2) is 9.78 Å². The number of hydrogen-bond acceptors (Lipinski definition) is 5. The summed E-state index contributed by atoms with van der Waals surface area (Å²) in [5.74, 6) is -0.600. The van der Waals surface area contributed by atoms with Gasteiger partial charge in [-0.2, -0.15) is 0 Å². The molecule has 0 bridgehead atoms. The van der Waals surface area contributed by atoms with E-state index in [9.17, 15) is 14.7 Å². The first-order valence-electron chi connectivity index (χ1n) is 15.6. The second-order valence-corrected chi connectivity index (χ2v) is 13.2. The van der Waals surface area contributed by atoms with E-state index in [0.29, 0.717) is 32.2 Å². The lowest BCUT2D eigenvalue weighted by atomic mass is 9.81. The van der Waals surface area contributed by atoms with Gasteiger partial charge in [-0.05, 0) is 91.1 Å². The number of benzene rings is 2. The summed E-state index contributed by atoms with van der Waals surface area (Å²) >= 11 is 1.71. The second kappa shape index (κ2) is 11.8. The number of amides is 1. The molecule has 1 amide bonds. The molecule has 8 heteroatoms. The van der Waals surface area contributed by atoms with Gasteiger partial charge in [-0.15, -0.1) is 11.3 Å². The number of thiophene rings is 1. The molecule has 1 saturated heterocycles. The number of nitrogens with zero attached hydrogens (tertiary/aromatic N) is 3. The maximum absolute atomic E-state index is 13.8. The van der Waals surface area contributed by atoms with Crippen LogP contribution in [0.25, 0.3) is 43.6 Å². The molecular weight excluding hydrogens is 570 g/mol. The number of aromatic carboxylic acids is 1. The SMILES string of the molecule is Cc1csc(-c2ccc3cc(-c4c(C5CCCCC5)c5ccc(C(=O)O)cc5n4CC(=O)N4CCOCC4)c(C)cc3n2)c1. The molecule has 2 aliphatic rings.